The van der Waals surface area contributed by atoms with Crippen LogP contribution in [0.5, 0.6) is 5.75 Å². The molecule has 0 unspecified atom stereocenters. The van der Waals surface area contributed by atoms with E-state index in [9.17, 15) is 13.2 Å². The minimum atomic E-state index is -3.64. The molecular formula is C22H26Cl2N2O4S2. The number of piperidine rings is 1. The molecule has 10 heteroatoms. The van der Waals surface area contributed by atoms with Gasteiger partial charge in [0.1, 0.15) is 5.75 Å². The normalized spacial score (nSPS) is 14.8. The molecule has 1 aliphatic heterocycles. The molecule has 2 aromatic rings. The SMILES string of the molecule is COc1ccc(S(=O)(=O)N2CCCCC2)cc1C(=O)NCCSCc1ccc(Cl)c(Cl)c1. The number of carbonyl (C=O) groups excluding carboxylic acids is 1. The minimum absolute atomic E-state index is 0.111. The van der Waals surface area contributed by atoms with Crippen LogP contribution in [0.15, 0.2) is 41.3 Å². The number of thioether (sulfide) groups is 1. The largest absolute Gasteiger partial charge is 0.496 e. The molecule has 1 heterocycles. The fraction of sp³-hybridized carbons (Fsp3) is 0.409. The van der Waals surface area contributed by atoms with Gasteiger partial charge in [0.25, 0.3) is 5.91 Å². The lowest BCUT2D eigenvalue weighted by Crippen LogP contribution is -2.35. The molecule has 0 atom stereocenters. The monoisotopic (exact) mass is 516 g/mol. The molecule has 1 N–H and O–H groups in total. The predicted octanol–water partition coefficient (Wildman–Crippen LogP) is 4.84. The van der Waals surface area contributed by atoms with Crippen LogP contribution in [-0.4, -0.2) is 51.1 Å². The van der Waals surface area contributed by atoms with Crippen molar-refractivity contribution in [1.82, 2.24) is 9.62 Å². The lowest BCUT2D eigenvalue weighted by Gasteiger charge is -2.26. The Kier molecular flexibility index (Phi) is 9.13. The highest BCUT2D eigenvalue weighted by molar-refractivity contribution is 7.98. The molecule has 2 aromatic carbocycles. The van der Waals surface area contributed by atoms with Crippen molar-refractivity contribution in [3.63, 3.8) is 0 Å². The Labute approximate surface area is 203 Å². The summed E-state index contributed by atoms with van der Waals surface area (Å²) in [6.45, 7) is 1.44. The second kappa shape index (κ2) is 11.6. The molecule has 0 spiro atoms. The molecule has 0 saturated carbocycles. The number of ether oxygens (including phenoxy) is 1. The first-order valence-electron chi connectivity index (χ1n) is 10.3. The molecule has 1 amide bonds. The second-order valence-corrected chi connectivity index (χ2v) is 11.2. The van der Waals surface area contributed by atoms with E-state index >= 15 is 0 Å². The summed E-state index contributed by atoms with van der Waals surface area (Å²) in [7, 11) is -2.18. The fourth-order valence-corrected chi connectivity index (χ4v) is 6.10. The molecule has 1 aliphatic rings. The molecule has 1 saturated heterocycles. The maximum Gasteiger partial charge on any atom is 0.255 e. The first kappa shape index (κ1) is 25.2. The molecule has 1 fully saturated rings. The number of hydrogen-bond acceptors (Lipinski definition) is 5. The van der Waals surface area contributed by atoms with Gasteiger partial charge in [0, 0.05) is 31.1 Å². The average molecular weight is 518 g/mol. The van der Waals surface area contributed by atoms with Crippen LogP contribution in [0.4, 0.5) is 0 Å². The maximum absolute atomic E-state index is 13.0. The molecule has 0 radical (unpaired) electrons. The zero-order valence-corrected chi connectivity index (χ0v) is 20.9. The Morgan fingerprint density at radius 2 is 1.84 bits per heavy atom. The van der Waals surface area contributed by atoms with Crippen LogP contribution >= 0.6 is 35.0 Å². The molecule has 32 heavy (non-hydrogen) atoms. The van der Waals surface area contributed by atoms with Crippen LogP contribution in [-0.2, 0) is 15.8 Å². The zero-order valence-electron chi connectivity index (χ0n) is 17.8. The van der Waals surface area contributed by atoms with Gasteiger partial charge in [0.05, 0.1) is 27.6 Å². The van der Waals surface area contributed by atoms with Crippen LogP contribution in [0.2, 0.25) is 10.0 Å². The molecule has 0 aromatic heterocycles. The van der Waals surface area contributed by atoms with Gasteiger partial charge in [-0.3, -0.25) is 4.79 Å². The standard InChI is InChI=1S/C22H26Cl2N2O4S2/c1-30-21-8-6-17(32(28,29)26-10-3-2-4-11-26)14-18(21)22(27)25-9-12-31-15-16-5-7-19(23)20(24)13-16/h5-8,13-14H,2-4,9-12,15H2,1H3,(H,25,27). The van der Waals surface area contributed by atoms with Crippen molar-refractivity contribution in [3.8, 4) is 5.75 Å². The van der Waals surface area contributed by atoms with E-state index in [0.717, 1.165) is 30.6 Å². The highest BCUT2D eigenvalue weighted by Crippen LogP contribution is 2.27. The van der Waals surface area contributed by atoms with E-state index in [-0.39, 0.29) is 16.4 Å². The van der Waals surface area contributed by atoms with Crippen molar-refractivity contribution in [2.45, 2.75) is 29.9 Å². The number of hydrogen-bond donors (Lipinski definition) is 1. The first-order valence-corrected chi connectivity index (χ1v) is 13.7. The summed E-state index contributed by atoms with van der Waals surface area (Å²) in [5.74, 6) is 1.39. The van der Waals surface area contributed by atoms with Gasteiger partial charge in [0.2, 0.25) is 10.0 Å². The topological polar surface area (TPSA) is 75.7 Å². The van der Waals surface area contributed by atoms with E-state index in [0.29, 0.717) is 41.2 Å². The summed E-state index contributed by atoms with van der Waals surface area (Å²) in [4.78, 5) is 12.9. The third-order valence-electron chi connectivity index (χ3n) is 5.15. The third kappa shape index (κ3) is 6.32. The summed E-state index contributed by atoms with van der Waals surface area (Å²) in [6, 6.07) is 9.94. The summed E-state index contributed by atoms with van der Waals surface area (Å²) in [5.41, 5.74) is 1.26. The first-order chi connectivity index (χ1) is 15.3. The van der Waals surface area contributed by atoms with Crippen molar-refractivity contribution in [2.24, 2.45) is 0 Å². The average Bonchev–Trinajstić information content (AvgIpc) is 2.81. The van der Waals surface area contributed by atoms with Crippen molar-refractivity contribution in [3.05, 3.63) is 57.6 Å². The van der Waals surface area contributed by atoms with Crippen LogP contribution in [0, 0.1) is 0 Å². The molecule has 174 valence electrons. The summed E-state index contributed by atoms with van der Waals surface area (Å²) < 4.78 is 32.7. The number of rotatable bonds is 9. The quantitative estimate of drug-likeness (QED) is 0.482. The molecular weight excluding hydrogens is 491 g/mol. The molecule has 0 aliphatic carbocycles. The number of nitrogens with zero attached hydrogens (tertiary/aromatic N) is 1. The molecule has 3 rings (SSSR count). The third-order valence-corrected chi connectivity index (χ3v) is 8.82. The highest BCUT2D eigenvalue weighted by atomic mass is 35.5. The van der Waals surface area contributed by atoms with Gasteiger partial charge in [-0.25, -0.2) is 8.42 Å². The summed E-state index contributed by atoms with van der Waals surface area (Å²) in [6.07, 6.45) is 2.73. The number of carbonyl (C=O) groups is 1. The van der Waals surface area contributed by atoms with Gasteiger partial charge in [-0.05, 0) is 48.7 Å². The Balaban J connectivity index is 1.60. The zero-order chi connectivity index (χ0) is 23.1. The smallest absolute Gasteiger partial charge is 0.255 e. The van der Waals surface area contributed by atoms with E-state index in [1.165, 1.54) is 29.6 Å². The number of benzene rings is 2. The number of halogens is 2. The van der Waals surface area contributed by atoms with Crippen LogP contribution in [0.25, 0.3) is 0 Å². The van der Waals surface area contributed by atoms with E-state index in [1.807, 2.05) is 12.1 Å². The minimum Gasteiger partial charge on any atom is -0.496 e. The Bertz CT molecular complexity index is 1060. The van der Waals surface area contributed by atoms with Crippen molar-refractivity contribution in [1.29, 1.82) is 0 Å². The van der Waals surface area contributed by atoms with E-state index < -0.39 is 10.0 Å². The number of sulfonamides is 1. The van der Waals surface area contributed by atoms with Gasteiger partial charge >= 0.3 is 0 Å². The number of nitrogens with one attached hydrogen (secondary N) is 1. The van der Waals surface area contributed by atoms with Crippen LogP contribution in [0.3, 0.4) is 0 Å². The molecule has 0 bridgehead atoms. The Hall–Kier alpha value is -1.45. The summed E-state index contributed by atoms with van der Waals surface area (Å²) >= 11 is 13.6. The van der Waals surface area contributed by atoms with E-state index in [1.54, 1.807) is 17.8 Å². The van der Waals surface area contributed by atoms with Crippen molar-refractivity contribution >= 4 is 50.9 Å². The summed E-state index contributed by atoms with van der Waals surface area (Å²) in [5, 5.41) is 3.88. The lowest BCUT2D eigenvalue weighted by atomic mass is 10.2. The van der Waals surface area contributed by atoms with E-state index in [2.05, 4.69) is 5.32 Å². The van der Waals surface area contributed by atoms with Gasteiger partial charge in [-0.15, -0.1) is 0 Å². The Morgan fingerprint density at radius 1 is 1.09 bits per heavy atom. The molecule has 6 nitrogen and oxygen atoms in total. The Morgan fingerprint density at radius 3 is 2.53 bits per heavy atom. The van der Waals surface area contributed by atoms with Gasteiger partial charge in [0.15, 0.2) is 0 Å². The van der Waals surface area contributed by atoms with Crippen molar-refractivity contribution < 1.29 is 17.9 Å². The highest BCUT2D eigenvalue weighted by Gasteiger charge is 2.27. The van der Waals surface area contributed by atoms with Crippen molar-refractivity contribution in [2.75, 3.05) is 32.5 Å². The van der Waals surface area contributed by atoms with Crippen LogP contribution < -0.4 is 10.1 Å². The van der Waals surface area contributed by atoms with E-state index in [4.69, 9.17) is 27.9 Å². The van der Waals surface area contributed by atoms with Crippen LogP contribution in [0.1, 0.15) is 35.2 Å². The fourth-order valence-electron chi connectivity index (χ4n) is 3.43. The lowest BCUT2D eigenvalue weighted by molar-refractivity contribution is 0.0953. The van der Waals surface area contributed by atoms with Gasteiger partial charge < -0.3 is 10.1 Å². The van der Waals surface area contributed by atoms with Gasteiger partial charge in [-0.2, -0.15) is 16.1 Å². The predicted molar refractivity (Wildman–Crippen MR) is 131 cm³/mol. The number of methoxy groups -OCH3 is 1. The second-order valence-electron chi connectivity index (χ2n) is 7.38. The van der Waals surface area contributed by atoms with Gasteiger partial charge in [-0.1, -0.05) is 35.7 Å². The maximum atomic E-state index is 13.0. The number of amides is 1.